The fraction of sp³-hybridized carbons (Fsp3) is 0.833. The van der Waals surface area contributed by atoms with E-state index < -0.39 is 17.4 Å². The minimum absolute atomic E-state index is 0.0783. The van der Waals surface area contributed by atoms with Crippen LogP contribution < -0.4 is 0 Å². The van der Waals surface area contributed by atoms with Crippen molar-refractivity contribution in [3.8, 4) is 0 Å². The van der Waals surface area contributed by atoms with E-state index in [0.29, 0.717) is 6.54 Å². The van der Waals surface area contributed by atoms with Crippen LogP contribution in [0.1, 0.15) is 41.0 Å². The SMILES string of the molecule is CC(C)(C)C(=O)N1CCC(C)(C)[C@H]1C(=O)O. The zero-order valence-electron chi connectivity index (χ0n) is 10.7. The maximum atomic E-state index is 12.1. The predicted octanol–water partition coefficient (Wildman–Crippen LogP) is 1.74. The van der Waals surface area contributed by atoms with Crippen molar-refractivity contribution in [1.29, 1.82) is 0 Å². The molecule has 0 aliphatic carbocycles. The fourth-order valence-corrected chi connectivity index (χ4v) is 2.21. The van der Waals surface area contributed by atoms with E-state index in [1.54, 1.807) is 0 Å². The molecular formula is C12H21NO3. The number of rotatable bonds is 1. The lowest BCUT2D eigenvalue weighted by Gasteiger charge is -2.32. The molecule has 0 spiro atoms. The first-order valence-corrected chi connectivity index (χ1v) is 5.61. The van der Waals surface area contributed by atoms with Crippen LogP contribution in [-0.2, 0) is 9.59 Å². The third-order valence-corrected chi connectivity index (χ3v) is 3.19. The highest BCUT2D eigenvalue weighted by atomic mass is 16.4. The lowest BCUT2D eigenvalue weighted by atomic mass is 9.84. The van der Waals surface area contributed by atoms with Crippen LogP contribution in [0.3, 0.4) is 0 Å². The Balaban J connectivity index is 2.99. The number of carbonyl (C=O) groups excluding carboxylic acids is 1. The minimum atomic E-state index is -0.903. The van der Waals surface area contributed by atoms with Gasteiger partial charge in [0.2, 0.25) is 5.91 Å². The summed E-state index contributed by atoms with van der Waals surface area (Å²) < 4.78 is 0. The first-order valence-electron chi connectivity index (χ1n) is 5.61. The van der Waals surface area contributed by atoms with Crippen molar-refractivity contribution >= 4 is 11.9 Å². The van der Waals surface area contributed by atoms with Gasteiger partial charge in [0, 0.05) is 12.0 Å². The number of carboxylic acids is 1. The second kappa shape index (κ2) is 3.75. The zero-order valence-corrected chi connectivity index (χ0v) is 10.7. The van der Waals surface area contributed by atoms with Gasteiger partial charge in [-0.15, -0.1) is 0 Å². The molecule has 1 N–H and O–H groups in total. The van der Waals surface area contributed by atoms with Crippen LogP contribution in [0, 0.1) is 10.8 Å². The Morgan fingerprint density at radius 3 is 2.19 bits per heavy atom. The van der Waals surface area contributed by atoms with Crippen LogP contribution in [0.2, 0.25) is 0 Å². The van der Waals surface area contributed by atoms with Crippen LogP contribution >= 0.6 is 0 Å². The quantitative estimate of drug-likeness (QED) is 0.742. The van der Waals surface area contributed by atoms with E-state index in [0.717, 1.165) is 6.42 Å². The number of hydrogen-bond donors (Lipinski definition) is 1. The molecule has 0 aromatic carbocycles. The standard InChI is InChI=1S/C12H21NO3/c1-11(2,3)10(16)13-7-6-12(4,5)8(13)9(14)15/h8H,6-7H2,1-5H3,(H,14,15)/t8-/m1/s1. The summed E-state index contributed by atoms with van der Waals surface area (Å²) in [7, 11) is 0. The average Bonchev–Trinajstić information content (AvgIpc) is 2.37. The highest BCUT2D eigenvalue weighted by Gasteiger charge is 2.48. The summed E-state index contributed by atoms with van der Waals surface area (Å²) >= 11 is 0. The Bertz CT molecular complexity index is 315. The van der Waals surface area contributed by atoms with Gasteiger partial charge in [-0.1, -0.05) is 34.6 Å². The van der Waals surface area contributed by atoms with Gasteiger partial charge < -0.3 is 10.0 Å². The molecule has 0 aromatic heterocycles. The summed E-state index contributed by atoms with van der Waals surface area (Å²) in [5, 5.41) is 9.24. The molecule has 16 heavy (non-hydrogen) atoms. The van der Waals surface area contributed by atoms with Crippen LogP contribution in [-0.4, -0.2) is 34.5 Å². The van der Waals surface area contributed by atoms with Crippen LogP contribution in [0.15, 0.2) is 0 Å². The number of carbonyl (C=O) groups is 2. The number of hydrogen-bond acceptors (Lipinski definition) is 2. The summed E-state index contributed by atoms with van der Waals surface area (Å²) in [4.78, 5) is 24.9. The summed E-state index contributed by atoms with van der Waals surface area (Å²) in [6, 6.07) is -0.695. The number of amides is 1. The van der Waals surface area contributed by atoms with E-state index in [1.807, 2.05) is 34.6 Å². The molecule has 1 atom stereocenters. The highest BCUT2D eigenvalue weighted by molar-refractivity contribution is 5.87. The molecule has 1 fully saturated rings. The third kappa shape index (κ3) is 2.20. The van der Waals surface area contributed by atoms with E-state index >= 15 is 0 Å². The van der Waals surface area contributed by atoms with Gasteiger partial charge in [0.05, 0.1) is 0 Å². The van der Waals surface area contributed by atoms with Crippen LogP contribution in [0.25, 0.3) is 0 Å². The minimum Gasteiger partial charge on any atom is -0.480 e. The number of aliphatic carboxylic acids is 1. The second-order valence-electron chi connectivity index (χ2n) is 6.23. The van der Waals surface area contributed by atoms with Gasteiger partial charge in [0.15, 0.2) is 0 Å². The van der Waals surface area contributed by atoms with Crippen LogP contribution in [0.5, 0.6) is 0 Å². The Kier molecular flexibility index (Phi) is 3.05. The summed E-state index contributed by atoms with van der Waals surface area (Å²) in [6.07, 6.45) is 0.742. The van der Waals surface area contributed by atoms with Crippen molar-refractivity contribution in [2.75, 3.05) is 6.54 Å². The first kappa shape index (κ1) is 13.0. The molecule has 1 rings (SSSR count). The average molecular weight is 227 g/mol. The molecule has 92 valence electrons. The molecule has 0 unspecified atom stereocenters. The molecular weight excluding hydrogens is 206 g/mol. The van der Waals surface area contributed by atoms with E-state index in [2.05, 4.69) is 0 Å². The smallest absolute Gasteiger partial charge is 0.326 e. The topological polar surface area (TPSA) is 57.6 Å². The van der Waals surface area contributed by atoms with Gasteiger partial charge in [-0.25, -0.2) is 4.79 Å². The highest BCUT2D eigenvalue weighted by Crippen LogP contribution is 2.38. The Labute approximate surface area is 96.6 Å². The van der Waals surface area contributed by atoms with Gasteiger partial charge in [-0.3, -0.25) is 4.79 Å². The van der Waals surface area contributed by atoms with Gasteiger partial charge in [0.1, 0.15) is 6.04 Å². The zero-order chi connectivity index (χ0) is 12.7. The monoisotopic (exact) mass is 227 g/mol. The molecule has 1 saturated heterocycles. The second-order valence-corrected chi connectivity index (χ2v) is 6.23. The molecule has 0 saturated carbocycles. The third-order valence-electron chi connectivity index (χ3n) is 3.19. The lowest BCUT2D eigenvalue weighted by Crippen LogP contribution is -2.49. The van der Waals surface area contributed by atoms with E-state index in [9.17, 15) is 14.7 Å². The fourth-order valence-electron chi connectivity index (χ4n) is 2.21. The van der Waals surface area contributed by atoms with Crippen molar-refractivity contribution in [1.82, 2.24) is 4.90 Å². The Morgan fingerprint density at radius 1 is 1.31 bits per heavy atom. The molecule has 4 nitrogen and oxygen atoms in total. The molecule has 0 bridgehead atoms. The van der Waals surface area contributed by atoms with E-state index in [1.165, 1.54) is 4.90 Å². The largest absolute Gasteiger partial charge is 0.480 e. The van der Waals surface area contributed by atoms with Crippen molar-refractivity contribution in [2.24, 2.45) is 10.8 Å². The summed E-state index contributed by atoms with van der Waals surface area (Å²) in [5.41, 5.74) is -0.860. The van der Waals surface area contributed by atoms with Crippen molar-refractivity contribution in [2.45, 2.75) is 47.1 Å². The maximum Gasteiger partial charge on any atom is 0.326 e. The van der Waals surface area contributed by atoms with Crippen molar-refractivity contribution in [3.63, 3.8) is 0 Å². The number of likely N-dealkylation sites (tertiary alicyclic amines) is 1. The lowest BCUT2D eigenvalue weighted by molar-refractivity contribution is -0.154. The Hall–Kier alpha value is -1.06. The summed E-state index contributed by atoms with van der Waals surface area (Å²) in [5.74, 6) is -0.981. The first-order chi connectivity index (χ1) is 7.07. The summed E-state index contributed by atoms with van der Waals surface area (Å²) in [6.45, 7) is 9.81. The number of nitrogens with zero attached hydrogens (tertiary/aromatic N) is 1. The maximum absolute atomic E-state index is 12.1. The number of carboxylic acid groups (broad SMARTS) is 1. The molecule has 1 amide bonds. The molecule has 1 aliphatic rings. The van der Waals surface area contributed by atoms with Crippen LogP contribution in [0.4, 0.5) is 0 Å². The van der Waals surface area contributed by atoms with Crippen molar-refractivity contribution in [3.05, 3.63) is 0 Å². The molecule has 1 aliphatic heterocycles. The Morgan fingerprint density at radius 2 is 1.81 bits per heavy atom. The normalized spacial score (nSPS) is 24.6. The molecule has 0 radical (unpaired) electrons. The van der Waals surface area contributed by atoms with Gasteiger partial charge >= 0.3 is 5.97 Å². The predicted molar refractivity (Wildman–Crippen MR) is 61.0 cm³/mol. The van der Waals surface area contributed by atoms with Crippen molar-refractivity contribution < 1.29 is 14.7 Å². The van der Waals surface area contributed by atoms with E-state index in [-0.39, 0.29) is 11.3 Å². The molecule has 4 heteroatoms. The van der Waals surface area contributed by atoms with E-state index in [4.69, 9.17) is 0 Å². The van der Waals surface area contributed by atoms with Gasteiger partial charge in [0.25, 0.3) is 0 Å². The van der Waals surface area contributed by atoms with Gasteiger partial charge in [-0.05, 0) is 11.8 Å². The molecule has 0 aromatic rings. The molecule has 1 heterocycles. The van der Waals surface area contributed by atoms with Gasteiger partial charge in [-0.2, -0.15) is 0 Å².